The van der Waals surface area contributed by atoms with Crippen LogP contribution in [0.2, 0.25) is 5.02 Å². The van der Waals surface area contributed by atoms with Crippen LogP contribution in [0.15, 0.2) is 24.4 Å². The lowest BCUT2D eigenvalue weighted by molar-refractivity contribution is 1.31. The second-order valence-corrected chi connectivity index (χ2v) is 5.41. The molecule has 3 N–H and O–H groups in total. The van der Waals surface area contributed by atoms with Gasteiger partial charge in [-0.25, -0.2) is 0 Å². The summed E-state index contributed by atoms with van der Waals surface area (Å²) in [6.07, 6.45) is 1.76. The monoisotopic (exact) mass is 299 g/mol. The van der Waals surface area contributed by atoms with Gasteiger partial charge in [0.1, 0.15) is 0 Å². The number of fused-ring (bicyclic) bond motifs is 3. The SMILES string of the molecule is Cc1cc2c(=N)c3[nH]ccc(Cl)cc3c2[nH]s1.Cl. The van der Waals surface area contributed by atoms with E-state index < -0.39 is 0 Å². The Morgan fingerprint density at radius 1 is 1.22 bits per heavy atom. The van der Waals surface area contributed by atoms with E-state index in [0.717, 1.165) is 26.7 Å². The molecular weight excluding hydrogens is 289 g/mol. The molecule has 0 bridgehead atoms. The summed E-state index contributed by atoms with van der Waals surface area (Å²) in [4.78, 5) is 4.26. The van der Waals surface area contributed by atoms with Gasteiger partial charge in [0.05, 0.1) is 16.4 Å². The molecule has 1 aromatic carbocycles. The van der Waals surface area contributed by atoms with E-state index in [2.05, 4.69) is 9.36 Å². The van der Waals surface area contributed by atoms with Crippen LogP contribution < -0.4 is 5.36 Å². The summed E-state index contributed by atoms with van der Waals surface area (Å²) in [7, 11) is 0. The van der Waals surface area contributed by atoms with E-state index in [1.54, 1.807) is 23.8 Å². The lowest BCUT2D eigenvalue weighted by atomic mass is 10.3. The highest BCUT2D eigenvalue weighted by atomic mass is 35.5. The Labute approximate surface area is 119 Å². The fourth-order valence-electron chi connectivity index (χ4n) is 1.97. The first-order valence-electron chi connectivity index (χ1n) is 5.16. The summed E-state index contributed by atoms with van der Waals surface area (Å²) in [5, 5.41) is 11.2. The number of halogens is 2. The first-order chi connectivity index (χ1) is 8.16. The van der Waals surface area contributed by atoms with Crippen LogP contribution in [0, 0.1) is 12.3 Å². The second-order valence-electron chi connectivity index (χ2n) is 3.92. The predicted molar refractivity (Wildman–Crippen MR) is 79.7 cm³/mol. The maximum atomic E-state index is 8.17. The summed E-state index contributed by atoms with van der Waals surface area (Å²) in [5.41, 5.74) is 1.77. The Morgan fingerprint density at radius 3 is 2.78 bits per heavy atom. The van der Waals surface area contributed by atoms with Crippen molar-refractivity contribution in [2.45, 2.75) is 6.92 Å². The fraction of sp³-hybridized carbons (Fsp3) is 0.0833. The maximum Gasteiger partial charge on any atom is 0.0875 e. The van der Waals surface area contributed by atoms with Gasteiger partial charge in [0.2, 0.25) is 0 Å². The van der Waals surface area contributed by atoms with Gasteiger partial charge in [-0.3, -0.25) is 5.41 Å². The Balaban J connectivity index is 0.00000120. The van der Waals surface area contributed by atoms with E-state index in [4.69, 9.17) is 17.0 Å². The standard InChI is InChI=1S/C12H10ClN3S.ClH/c1-6-4-8-10(14)12-9(11(8)16-17-6)5-7(13)2-3-15-12;/h2-5,14-16H,1H3;1H. The summed E-state index contributed by atoms with van der Waals surface area (Å²) in [6.45, 7) is 2.02. The van der Waals surface area contributed by atoms with Gasteiger partial charge in [-0.2, -0.15) is 0 Å². The Bertz CT molecular complexity index is 798. The largest absolute Gasteiger partial charge is 0.359 e. The van der Waals surface area contributed by atoms with E-state index in [1.807, 2.05) is 19.1 Å². The molecule has 3 nitrogen and oxygen atoms in total. The van der Waals surface area contributed by atoms with Crippen molar-refractivity contribution < 1.29 is 0 Å². The molecule has 2 aromatic heterocycles. The Hall–Kier alpha value is -1.23. The third-order valence-electron chi connectivity index (χ3n) is 2.74. The molecule has 0 saturated carbocycles. The van der Waals surface area contributed by atoms with Crippen molar-refractivity contribution in [2.75, 3.05) is 0 Å². The third-order valence-corrected chi connectivity index (χ3v) is 3.72. The smallest absolute Gasteiger partial charge is 0.0875 e. The van der Waals surface area contributed by atoms with Crippen LogP contribution in [0.25, 0.3) is 21.8 Å². The van der Waals surface area contributed by atoms with E-state index in [-0.39, 0.29) is 12.4 Å². The zero-order valence-corrected chi connectivity index (χ0v) is 11.9. The van der Waals surface area contributed by atoms with Crippen molar-refractivity contribution in [3.05, 3.63) is 39.7 Å². The molecule has 0 atom stereocenters. The zero-order valence-electron chi connectivity index (χ0n) is 9.50. The van der Waals surface area contributed by atoms with Crippen molar-refractivity contribution >= 4 is 57.3 Å². The molecule has 0 unspecified atom stereocenters. The van der Waals surface area contributed by atoms with Crippen LogP contribution in [0.3, 0.4) is 0 Å². The number of nitrogens with one attached hydrogen (secondary N) is 3. The van der Waals surface area contributed by atoms with E-state index in [0.29, 0.717) is 10.4 Å². The van der Waals surface area contributed by atoms with Gasteiger partial charge >= 0.3 is 0 Å². The van der Waals surface area contributed by atoms with E-state index in [9.17, 15) is 0 Å². The highest BCUT2D eigenvalue weighted by Gasteiger charge is 2.08. The van der Waals surface area contributed by atoms with Crippen molar-refractivity contribution in [1.29, 1.82) is 5.41 Å². The minimum atomic E-state index is 0. The van der Waals surface area contributed by atoms with Crippen molar-refractivity contribution in [3.63, 3.8) is 0 Å². The normalized spacial score (nSPS) is 10.6. The number of hydrogen-bond acceptors (Lipinski definition) is 2. The van der Waals surface area contributed by atoms with Crippen molar-refractivity contribution in [1.82, 2.24) is 9.36 Å². The van der Waals surface area contributed by atoms with Crippen molar-refractivity contribution in [3.8, 4) is 0 Å². The fourth-order valence-corrected chi connectivity index (χ4v) is 2.80. The average Bonchev–Trinajstić information content (AvgIpc) is 2.48. The molecule has 0 fully saturated rings. The summed E-state index contributed by atoms with van der Waals surface area (Å²) in [5.74, 6) is 0. The van der Waals surface area contributed by atoms with Crippen LogP contribution in [0.5, 0.6) is 0 Å². The Morgan fingerprint density at radius 2 is 2.00 bits per heavy atom. The molecule has 0 spiro atoms. The summed E-state index contributed by atoms with van der Waals surface area (Å²) < 4.78 is 3.27. The second kappa shape index (κ2) is 4.80. The molecule has 0 radical (unpaired) electrons. The van der Waals surface area contributed by atoms with Gasteiger partial charge < -0.3 is 9.36 Å². The number of hydrogen-bond donors (Lipinski definition) is 3. The quantitative estimate of drug-likeness (QED) is 0.559. The molecule has 0 amide bonds. The molecule has 18 heavy (non-hydrogen) atoms. The van der Waals surface area contributed by atoms with Crippen LogP contribution in [-0.2, 0) is 0 Å². The number of H-pyrrole nitrogens is 2. The molecule has 3 aromatic rings. The third kappa shape index (κ3) is 1.96. The number of aromatic nitrogens is 2. The van der Waals surface area contributed by atoms with Gasteiger partial charge in [-0.05, 0) is 25.1 Å². The molecule has 2 heterocycles. The lowest BCUT2D eigenvalue weighted by Gasteiger charge is -1.93. The minimum Gasteiger partial charge on any atom is -0.359 e. The minimum absolute atomic E-state index is 0. The molecule has 0 saturated heterocycles. The van der Waals surface area contributed by atoms with Gasteiger partial charge in [-0.1, -0.05) is 23.1 Å². The van der Waals surface area contributed by atoms with Gasteiger partial charge in [0.25, 0.3) is 0 Å². The van der Waals surface area contributed by atoms with Gasteiger partial charge in [0.15, 0.2) is 0 Å². The van der Waals surface area contributed by atoms with Crippen LogP contribution >= 0.6 is 35.5 Å². The summed E-state index contributed by atoms with van der Waals surface area (Å²) >= 11 is 7.61. The average molecular weight is 300 g/mol. The first kappa shape index (κ1) is 13.2. The number of aromatic amines is 2. The maximum absolute atomic E-state index is 8.17. The molecule has 6 heteroatoms. The van der Waals surface area contributed by atoms with Gasteiger partial charge in [0, 0.05) is 26.9 Å². The van der Waals surface area contributed by atoms with Crippen LogP contribution in [0.1, 0.15) is 4.88 Å². The highest BCUT2D eigenvalue weighted by molar-refractivity contribution is 7.05. The number of rotatable bonds is 0. The predicted octanol–water partition coefficient (Wildman–Crippen LogP) is 4.14. The molecular formula is C12H11Cl2N3S. The van der Waals surface area contributed by atoms with Crippen LogP contribution in [-0.4, -0.2) is 9.36 Å². The molecule has 94 valence electrons. The molecule has 3 rings (SSSR count). The highest BCUT2D eigenvalue weighted by Crippen LogP contribution is 2.24. The Kier molecular flexibility index (Phi) is 3.52. The van der Waals surface area contributed by atoms with Gasteiger partial charge in [-0.15, -0.1) is 12.4 Å². The van der Waals surface area contributed by atoms with Crippen molar-refractivity contribution in [2.24, 2.45) is 0 Å². The van der Waals surface area contributed by atoms with E-state index in [1.165, 1.54) is 0 Å². The molecule has 0 aliphatic heterocycles. The van der Waals surface area contributed by atoms with E-state index >= 15 is 0 Å². The first-order valence-corrected chi connectivity index (χ1v) is 6.36. The lowest BCUT2D eigenvalue weighted by Crippen LogP contribution is -1.95. The molecule has 0 aliphatic rings. The zero-order chi connectivity index (χ0) is 12.0. The topological polar surface area (TPSA) is 55.4 Å². The summed E-state index contributed by atoms with van der Waals surface area (Å²) in [6, 6.07) is 5.69. The van der Waals surface area contributed by atoms with Crippen LogP contribution in [0.4, 0.5) is 0 Å². The molecule has 0 aliphatic carbocycles. The number of aryl methyl sites for hydroxylation is 1.